The summed E-state index contributed by atoms with van der Waals surface area (Å²) in [6.07, 6.45) is 6.85. The number of benzene rings is 1. The molecule has 4 heteroatoms. The molecule has 0 aromatic heterocycles. The van der Waals surface area contributed by atoms with Gasteiger partial charge in [-0.3, -0.25) is 4.79 Å². The van der Waals surface area contributed by atoms with E-state index in [0.29, 0.717) is 30.9 Å². The zero-order valence-electron chi connectivity index (χ0n) is 11.6. The Hall–Kier alpha value is -1.45. The fraction of sp³-hybridized carbons (Fsp3) is 0.562. The molecule has 2 rings (SSSR count). The summed E-state index contributed by atoms with van der Waals surface area (Å²) in [5.41, 5.74) is 0.308. The molecular weight excluding hydrogens is 260 g/mol. The van der Waals surface area contributed by atoms with Crippen LogP contribution >= 0.6 is 0 Å². The third kappa shape index (κ3) is 4.29. The van der Waals surface area contributed by atoms with Crippen LogP contribution in [0.4, 0.5) is 8.78 Å². The molecule has 0 radical (unpaired) electrons. The lowest BCUT2D eigenvalue weighted by Gasteiger charge is -2.20. The summed E-state index contributed by atoms with van der Waals surface area (Å²) < 4.78 is 26.4. The smallest absolute Gasteiger partial charge is 0.220 e. The summed E-state index contributed by atoms with van der Waals surface area (Å²) in [6, 6.07) is 4.13. The molecule has 0 unspecified atom stereocenters. The van der Waals surface area contributed by atoms with Gasteiger partial charge in [0.25, 0.3) is 0 Å². The van der Waals surface area contributed by atoms with Gasteiger partial charge in [0.2, 0.25) is 5.91 Å². The Morgan fingerprint density at radius 1 is 1.20 bits per heavy atom. The van der Waals surface area contributed by atoms with Crippen molar-refractivity contribution in [2.24, 2.45) is 5.92 Å². The van der Waals surface area contributed by atoms with E-state index in [1.54, 1.807) is 6.07 Å². The zero-order chi connectivity index (χ0) is 14.4. The van der Waals surface area contributed by atoms with Crippen LogP contribution in [0.1, 0.15) is 44.1 Å². The van der Waals surface area contributed by atoms with Crippen molar-refractivity contribution in [1.82, 2.24) is 5.32 Å². The van der Waals surface area contributed by atoms with Crippen molar-refractivity contribution in [1.29, 1.82) is 0 Å². The predicted octanol–water partition coefficient (Wildman–Crippen LogP) is 3.59. The summed E-state index contributed by atoms with van der Waals surface area (Å²) in [5, 5.41) is 2.80. The molecule has 1 amide bonds. The summed E-state index contributed by atoms with van der Waals surface area (Å²) >= 11 is 0. The van der Waals surface area contributed by atoms with E-state index in [9.17, 15) is 13.6 Å². The van der Waals surface area contributed by atoms with Crippen LogP contribution in [0.25, 0.3) is 0 Å². The van der Waals surface area contributed by atoms with Gasteiger partial charge in [0.15, 0.2) is 11.6 Å². The van der Waals surface area contributed by atoms with Crippen LogP contribution < -0.4 is 5.32 Å². The molecule has 1 aromatic carbocycles. The first-order valence-corrected chi connectivity index (χ1v) is 7.36. The molecule has 1 saturated carbocycles. The Bertz CT molecular complexity index is 456. The highest BCUT2D eigenvalue weighted by molar-refractivity contribution is 5.76. The number of carbonyl (C=O) groups is 1. The number of amides is 1. The highest BCUT2D eigenvalue weighted by atomic mass is 19.2. The van der Waals surface area contributed by atoms with Crippen molar-refractivity contribution < 1.29 is 13.6 Å². The molecule has 1 N–H and O–H groups in total. The minimum atomic E-state index is -0.837. The van der Waals surface area contributed by atoms with Gasteiger partial charge in [-0.15, -0.1) is 0 Å². The van der Waals surface area contributed by atoms with Crippen LogP contribution in [0.3, 0.4) is 0 Å². The molecule has 0 atom stereocenters. The van der Waals surface area contributed by atoms with E-state index < -0.39 is 11.6 Å². The maximum atomic E-state index is 13.4. The topological polar surface area (TPSA) is 29.1 Å². The lowest BCUT2D eigenvalue weighted by molar-refractivity contribution is -0.122. The van der Waals surface area contributed by atoms with Crippen molar-refractivity contribution in [2.45, 2.75) is 44.9 Å². The molecular formula is C16H21F2NO. The molecule has 1 aliphatic rings. The molecule has 1 aromatic rings. The average Bonchev–Trinajstić information content (AvgIpc) is 2.44. The second-order valence-electron chi connectivity index (χ2n) is 5.52. The van der Waals surface area contributed by atoms with Crippen LogP contribution in [-0.4, -0.2) is 12.5 Å². The normalized spacial score (nSPS) is 16.1. The van der Waals surface area contributed by atoms with Gasteiger partial charge >= 0.3 is 0 Å². The monoisotopic (exact) mass is 281 g/mol. The second-order valence-corrected chi connectivity index (χ2v) is 5.52. The average molecular weight is 281 g/mol. The van der Waals surface area contributed by atoms with Gasteiger partial charge in [-0.05, 0) is 36.8 Å². The first-order valence-electron chi connectivity index (χ1n) is 7.36. The Morgan fingerprint density at radius 2 is 1.95 bits per heavy atom. The summed E-state index contributed by atoms with van der Waals surface area (Å²) in [6.45, 7) is 0.353. The number of nitrogens with one attached hydrogen (secondary N) is 1. The Balaban J connectivity index is 1.72. The predicted molar refractivity (Wildman–Crippen MR) is 74.3 cm³/mol. The van der Waals surface area contributed by atoms with Crippen LogP contribution in [0, 0.1) is 17.6 Å². The molecule has 110 valence electrons. The Labute approximate surface area is 118 Å². The third-order valence-corrected chi connectivity index (χ3v) is 3.95. The molecule has 2 nitrogen and oxygen atoms in total. The number of carbonyl (C=O) groups excluding carboxylic acids is 1. The molecule has 0 saturated heterocycles. The van der Waals surface area contributed by atoms with Gasteiger partial charge in [0, 0.05) is 13.0 Å². The van der Waals surface area contributed by atoms with Crippen molar-refractivity contribution in [3.63, 3.8) is 0 Å². The van der Waals surface area contributed by atoms with Gasteiger partial charge in [-0.25, -0.2) is 8.78 Å². The van der Waals surface area contributed by atoms with E-state index in [-0.39, 0.29) is 5.91 Å². The zero-order valence-corrected chi connectivity index (χ0v) is 11.6. The fourth-order valence-electron chi connectivity index (χ4n) is 2.80. The summed E-state index contributed by atoms with van der Waals surface area (Å²) in [5.74, 6) is -1.13. The van der Waals surface area contributed by atoms with E-state index >= 15 is 0 Å². The molecule has 0 spiro atoms. The molecule has 1 fully saturated rings. The number of rotatable bonds is 5. The first kappa shape index (κ1) is 14.9. The van der Waals surface area contributed by atoms with Gasteiger partial charge < -0.3 is 5.32 Å². The lowest BCUT2D eigenvalue weighted by Crippen LogP contribution is -2.28. The highest BCUT2D eigenvalue weighted by Gasteiger charge is 2.16. The number of hydrogen-bond donors (Lipinski definition) is 1. The van der Waals surface area contributed by atoms with Crippen LogP contribution in [0.15, 0.2) is 18.2 Å². The molecule has 0 heterocycles. The lowest BCUT2D eigenvalue weighted by atomic mass is 9.87. The van der Waals surface area contributed by atoms with Gasteiger partial charge in [0.1, 0.15) is 0 Å². The van der Waals surface area contributed by atoms with Gasteiger partial charge in [0.05, 0.1) is 0 Å². The third-order valence-electron chi connectivity index (χ3n) is 3.95. The van der Waals surface area contributed by atoms with Crippen molar-refractivity contribution in [3.8, 4) is 0 Å². The second kappa shape index (κ2) is 7.36. The van der Waals surface area contributed by atoms with Gasteiger partial charge in [-0.2, -0.15) is 0 Å². The number of halogens is 2. The SMILES string of the molecule is O=C(CC1CCCCC1)NCCc1cccc(F)c1F. The summed E-state index contributed by atoms with van der Waals surface area (Å²) in [7, 11) is 0. The van der Waals surface area contributed by atoms with Crippen molar-refractivity contribution in [2.75, 3.05) is 6.54 Å². The summed E-state index contributed by atoms with van der Waals surface area (Å²) in [4.78, 5) is 11.8. The van der Waals surface area contributed by atoms with Crippen LogP contribution in [0.5, 0.6) is 0 Å². The van der Waals surface area contributed by atoms with Crippen molar-refractivity contribution >= 4 is 5.91 Å². The Morgan fingerprint density at radius 3 is 2.70 bits per heavy atom. The fourth-order valence-corrected chi connectivity index (χ4v) is 2.80. The van der Waals surface area contributed by atoms with Crippen molar-refractivity contribution in [3.05, 3.63) is 35.4 Å². The van der Waals surface area contributed by atoms with E-state index in [2.05, 4.69) is 5.32 Å². The van der Waals surface area contributed by atoms with E-state index in [1.807, 2.05) is 0 Å². The van der Waals surface area contributed by atoms with E-state index in [0.717, 1.165) is 18.9 Å². The maximum Gasteiger partial charge on any atom is 0.220 e. The van der Waals surface area contributed by atoms with E-state index in [4.69, 9.17) is 0 Å². The molecule has 0 bridgehead atoms. The van der Waals surface area contributed by atoms with E-state index in [1.165, 1.54) is 25.3 Å². The number of hydrogen-bond acceptors (Lipinski definition) is 1. The quantitative estimate of drug-likeness (QED) is 0.878. The maximum absolute atomic E-state index is 13.4. The largest absolute Gasteiger partial charge is 0.356 e. The molecule has 1 aliphatic carbocycles. The van der Waals surface area contributed by atoms with Gasteiger partial charge in [-0.1, -0.05) is 31.4 Å². The molecule has 0 aliphatic heterocycles. The first-order chi connectivity index (χ1) is 9.66. The Kier molecular flexibility index (Phi) is 5.50. The highest BCUT2D eigenvalue weighted by Crippen LogP contribution is 2.26. The molecule has 20 heavy (non-hydrogen) atoms. The minimum Gasteiger partial charge on any atom is -0.356 e. The standard InChI is InChI=1S/C16H21F2NO/c17-14-8-4-7-13(16(14)18)9-10-19-15(20)11-12-5-2-1-3-6-12/h4,7-8,12H,1-3,5-6,9-11H2,(H,19,20). The van der Waals surface area contributed by atoms with Crippen LogP contribution in [0.2, 0.25) is 0 Å². The minimum absolute atomic E-state index is 0.0220. The van der Waals surface area contributed by atoms with Crippen LogP contribution in [-0.2, 0) is 11.2 Å².